The Kier molecular flexibility index (Phi) is 5.50. The Morgan fingerprint density at radius 1 is 1.14 bits per heavy atom. The maximum absolute atomic E-state index is 12.6. The van der Waals surface area contributed by atoms with E-state index in [1.807, 2.05) is 0 Å². The first-order chi connectivity index (χ1) is 10.3. The molecule has 0 aliphatic heterocycles. The summed E-state index contributed by atoms with van der Waals surface area (Å²) in [5.74, 6) is -0.0889. The van der Waals surface area contributed by atoms with Crippen LogP contribution in [0.15, 0.2) is 24.3 Å². The third-order valence-corrected chi connectivity index (χ3v) is 5.25. The van der Waals surface area contributed by atoms with Crippen molar-refractivity contribution < 1.29 is 21.6 Å². The normalized spacial score (nSPS) is 17.6. The average Bonchev–Trinajstić information content (AvgIpc) is 2.45. The highest BCUT2D eigenvalue weighted by Gasteiger charge is 2.30. The molecule has 1 saturated carbocycles. The summed E-state index contributed by atoms with van der Waals surface area (Å²) in [5.41, 5.74) is -0.682. The Labute approximate surface area is 129 Å². The van der Waals surface area contributed by atoms with Crippen LogP contribution in [0.3, 0.4) is 0 Å². The first-order valence-corrected chi connectivity index (χ1v) is 9.05. The molecular weight excluding hydrogens is 315 g/mol. The van der Waals surface area contributed by atoms with Crippen molar-refractivity contribution in [3.8, 4) is 0 Å². The number of nitrogens with one attached hydrogen (secondary N) is 1. The van der Waals surface area contributed by atoms with Crippen molar-refractivity contribution in [1.29, 1.82) is 0 Å². The minimum absolute atomic E-state index is 0.144. The smallest absolute Gasteiger partial charge is 0.215 e. The molecule has 1 aliphatic rings. The van der Waals surface area contributed by atoms with E-state index in [-0.39, 0.29) is 5.56 Å². The van der Waals surface area contributed by atoms with E-state index >= 15 is 0 Å². The molecule has 0 unspecified atom stereocenters. The van der Waals surface area contributed by atoms with Crippen molar-refractivity contribution in [3.05, 3.63) is 35.4 Å². The van der Waals surface area contributed by atoms with Crippen LogP contribution in [-0.4, -0.2) is 15.0 Å². The minimum atomic E-state index is -4.46. The highest BCUT2D eigenvalue weighted by Crippen LogP contribution is 2.30. The Bertz CT molecular complexity index is 593. The molecule has 0 saturated heterocycles. The summed E-state index contributed by atoms with van der Waals surface area (Å²) in [4.78, 5) is 0. The van der Waals surface area contributed by atoms with Crippen molar-refractivity contribution in [2.45, 2.75) is 44.0 Å². The first-order valence-electron chi connectivity index (χ1n) is 7.40. The number of sulfonamides is 1. The number of rotatable bonds is 5. The second-order valence-corrected chi connectivity index (χ2v) is 7.62. The number of hydrogen-bond donors (Lipinski definition) is 1. The van der Waals surface area contributed by atoms with Crippen molar-refractivity contribution >= 4 is 10.0 Å². The summed E-state index contributed by atoms with van der Waals surface area (Å²) in [6.07, 6.45) is 0.959. The third-order valence-electron chi connectivity index (χ3n) is 3.93. The van der Waals surface area contributed by atoms with E-state index in [9.17, 15) is 21.6 Å². The van der Waals surface area contributed by atoms with Gasteiger partial charge in [0, 0.05) is 6.54 Å². The lowest BCUT2D eigenvalue weighted by Gasteiger charge is -2.21. The van der Waals surface area contributed by atoms with Gasteiger partial charge in [-0.15, -0.1) is 0 Å². The summed E-state index contributed by atoms with van der Waals surface area (Å²) >= 11 is 0. The summed E-state index contributed by atoms with van der Waals surface area (Å²) in [7, 11) is -3.61. The second kappa shape index (κ2) is 7.00. The van der Waals surface area contributed by atoms with Crippen LogP contribution in [-0.2, 0) is 22.0 Å². The molecule has 124 valence electrons. The van der Waals surface area contributed by atoms with E-state index in [1.54, 1.807) is 0 Å². The van der Waals surface area contributed by atoms with Gasteiger partial charge in [-0.1, -0.05) is 37.5 Å². The molecular formula is C15H20F3NO2S. The Balaban J connectivity index is 1.96. The lowest BCUT2D eigenvalue weighted by molar-refractivity contribution is -0.137. The van der Waals surface area contributed by atoms with Gasteiger partial charge in [0.2, 0.25) is 10.0 Å². The predicted octanol–water partition coefficient (Wildman–Crippen LogP) is 3.71. The summed E-state index contributed by atoms with van der Waals surface area (Å²) in [6, 6.07) is 4.45. The van der Waals surface area contributed by atoms with Gasteiger partial charge in [-0.2, -0.15) is 13.2 Å². The maximum Gasteiger partial charge on any atom is 0.416 e. The van der Waals surface area contributed by atoms with Crippen LogP contribution in [0, 0.1) is 5.92 Å². The predicted molar refractivity (Wildman–Crippen MR) is 78.6 cm³/mol. The van der Waals surface area contributed by atoms with Crippen LogP contribution in [0.5, 0.6) is 0 Å². The number of halogens is 3. The van der Waals surface area contributed by atoms with Crippen molar-refractivity contribution in [2.75, 3.05) is 6.54 Å². The number of hydrogen-bond acceptors (Lipinski definition) is 2. The van der Waals surface area contributed by atoms with E-state index in [4.69, 9.17) is 0 Å². The molecule has 0 heterocycles. The summed E-state index contributed by atoms with van der Waals surface area (Å²) < 4.78 is 64.4. The van der Waals surface area contributed by atoms with Crippen LogP contribution in [0.1, 0.15) is 43.2 Å². The van der Waals surface area contributed by atoms with Gasteiger partial charge in [0.1, 0.15) is 0 Å². The fourth-order valence-electron chi connectivity index (χ4n) is 2.74. The van der Waals surface area contributed by atoms with Gasteiger partial charge < -0.3 is 0 Å². The SMILES string of the molecule is O=S(=O)(Cc1cccc(C(F)(F)F)c1)NCC1CCCCC1. The van der Waals surface area contributed by atoms with E-state index < -0.39 is 27.5 Å². The standard InChI is InChI=1S/C15H20F3NO2S/c16-15(17,18)14-8-4-7-13(9-14)11-22(20,21)19-10-12-5-2-1-3-6-12/h4,7-9,12,19H,1-3,5-6,10-11H2. The van der Waals surface area contributed by atoms with Crippen LogP contribution in [0.2, 0.25) is 0 Å². The molecule has 0 amide bonds. The number of alkyl halides is 3. The monoisotopic (exact) mass is 335 g/mol. The van der Waals surface area contributed by atoms with Crippen LogP contribution in [0.4, 0.5) is 13.2 Å². The molecule has 0 spiro atoms. The van der Waals surface area contributed by atoms with Crippen molar-refractivity contribution in [2.24, 2.45) is 5.92 Å². The van der Waals surface area contributed by atoms with Gasteiger partial charge in [0.25, 0.3) is 0 Å². The molecule has 1 fully saturated rings. The lowest BCUT2D eigenvalue weighted by atomic mass is 9.90. The fraction of sp³-hybridized carbons (Fsp3) is 0.600. The quantitative estimate of drug-likeness (QED) is 0.892. The Morgan fingerprint density at radius 2 is 1.82 bits per heavy atom. The van der Waals surface area contributed by atoms with E-state index in [1.165, 1.54) is 18.6 Å². The van der Waals surface area contributed by atoms with Crippen LogP contribution >= 0.6 is 0 Å². The molecule has 0 atom stereocenters. The molecule has 0 aromatic heterocycles. The van der Waals surface area contributed by atoms with Gasteiger partial charge in [0.15, 0.2) is 0 Å². The van der Waals surface area contributed by atoms with E-state index in [0.29, 0.717) is 12.5 Å². The third kappa shape index (κ3) is 5.28. The zero-order chi connectivity index (χ0) is 16.2. The maximum atomic E-state index is 12.6. The van der Waals surface area contributed by atoms with Gasteiger partial charge in [0.05, 0.1) is 11.3 Å². The van der Waals surface area contributed by atoms with Crippen molar-refractivity contribution in [3.63, 3.8) is 0 Å². The molecule has 1 aliphatic carbocycles. The van der Waals surface area contributed by atoms with Gasteiger partial charge >= 0.3 is 6.18 Å². The molecule has 2 rings (SSSR count). The van der Waals surface area contributed by atoms with Crippen molar-refractivity contribution in [1.82, 2.24) is 4.72 Å². The van der Waals surface area contributed by atoms with Crippen LogP contribution in [0.25, 0.3) is 0 Å². The second-order valence-electron chi connectivity index (χ2n) is 5.81. The Hall–Kier alpha value is -1.08. The summed E-state index contributed by atoms with van der Waals surface area (Å²) in [5, 5.41) is 0. The largest absolute Gasteiger partial charge is 0.416 e. The van der Waals surface area contributed by atoms with Gasteiger partial charge in [-0.25, -0.2) is 13.1 Å². The Morgan fingerprint density at radius 3 is 2.45 bits per heavy atom. The number of benzene rings is 1. The topological polar surface area (TPSA) is 46.2 Å². The van der Waals surface area contributed by atoms with Gasteiger partial charge in [-0.3, -0.25) is 0 Å². The zero-order valence-electron chi connectivity index (χ0n) is 12.2. The highest BCUT2D eigenvalue weighted by molar-refractivity contribution is 7.88. The molecule has 1 aromatic rings. The molecule has 1 aromatic carbocycles. The van der Waals surface area contributed by atoms with Crippen LogP contribution < -0.4 is 4.72 Å². The molecule has 1 N–H and O–H groups in total. The molecule has 22 heavy (non-hydrogen) atoms. The zero-order valence-corrected chi connectivity index (χ0v) is 13.0. The molecule has 7 heteroatoms. The van der Waals surface area contributed by atoms with E-state index in [2.05, 4.69) is 4.72 Å². The fourth-order valence-corrected chi connectivity index (χ4v) is 3.95. The van der Waals surface area contributed by atoms with E-state index in [0.717, 1.165) is 37.8 Å². The molecule has 0 bridgehead atoms. The highest BCUT2D eigenvalue weighted by atomic mass is 32.2. The average molecular weight is 335 g/mol. The molecule has 0 radical (unpaired) electrons. The van der Waals surface area contributed by atoms with Gasteiger partial charge in [-0.05, 0) is 30.4 Å². The first kappa shape index (κ1) is 17.3. The lowest BCUT2D eigenvalue weighted by Crippen LogP contribution is -2.31. The summed E-state index contributed by atoms with van der Waals surface area (Å²) in [6.45, 7) is 0.376. The minimum Gasteiger partial charge on any atom is -0.215 e. The molecule has 3 nitrogen and oxygen atoms in total.